The van der Waals surface area contributed by atoms with Crippen molar-refractivity contribution in [3.63, 3.8) is 0 Å². The van der Waals surface area contributed by atoms with Crippen molar-refractivity contribution in [1.29, 1.82) is 0 Å². The van der Waals surface area contributed by atoms with Gasteiger partial charge in [-0.3, -0.25) is 4.79 Å². The number of para-hydroxylation sites is 1. The number of amides is 1. The molecule has 132 valence electrons. The Kier molecular flexibility index (Phi) is 6.40. The van der Waals surface area contributed by atoms with Crippen molar-refractivity contribution in [3.05, 3.63) is 60.2 Å². The number of anilines is 1. The van der Waals surface area contributed by atoms with Crippen molar-refractivity contribution in [1.82, 2.24) is 5.32 Å². The number of carbonyl (C=O) groups excluding carboxylic acids is 1. The molecule has 1 aliphatic heterocycles. The zero-order chi connectivity index (χ0) is 17.5. The van der Waals surface area contributed by atoms with E-state index in [-0.39, 0.29) is 11.2 Å². The van der Waals surface area contributed by atoms with Crippen LogP contribution in [0.2, 0.25) is 0 Å². The summed E-state index contributed by atoms with van der Waals surface area (Å²) in [4.78, 5) is 15.8. The molecule has 0 bridgehead atoms. The van der Waals surface area contributed by atoms with E-state index in [1.165, 1.54) is 24.1 Å². The molecule has 0 radical (unpaired) electrons. The lowest BCUT2D eigenvalue weighted by molar-refractivity contribution is -0.120. The van der Waals surface area contributed by atoms with Crippen LogP contribution < -0.4 is 10.2 Å². The molecule has 2 aromatic rings. The van der Waals surface area contributed by atoms with E-state index in [9.17, 15) is 4.79 Å². The molecule has 0 saturated carbocycles. The quantitative estimate of drug-likeness (QED) is 0.599. The van der Waals surface area contributed by atoms with E-state index in [0.717, 1.165) is 31.0 Å². The smallest absolute Gasteiger partial charge is 0.233 e. The number of thioether (sulfide) groups is 1. The van der Waals surface area contributed by atoms with Crippen LogP contribution in [0.25, 0.3) is 0 Å². The number of hydrogen-bond donors (Lipinski definition) is 1. The standard InChI is InChI=1S/C21H26N2OS/c1-17(25-19-11-3-2-4-12-19)21(24)22-14-8-16-23-15-7-10-18-9-5-6-13-20(18)23/h2-6,9,11-13,17H,7-8,10,14-16H2,1H3,(H,22,24)/t17-/m1/s1. The molecular formula is C21H26N2OS. The van der Waals surface area contributed by atoms with Gasteiger partial charge in [0.25, 0.3) is 0 Å². The van der Waals surface area contributed by atoms with Crippen LogP contribution in [0, 0.1) is 0 Å². The summed E-state index contributed by atoms with van der Waals surface area (Å²) in [7, 11) is 0. The molecule has 0 unspecified atom stereocenters. The zero-order valence-corrected chi connectivity index (χ0v) is 15.6. The van der Waals surface area contributed by atoms with Crippen molar-refractivity contribution in [2.45, 2.75) is 36.3 Å². The molecule has 1 heterocycles. The van der Waals surface area contributed by atoms with Crippen LogP contribution in [0.5, 0.6) is 0 Å². The molecule has 0 fully saturated rings. The number of carbonyl (C=O) groups is 1. The van der Waals surface area contributed by atoms with Gasteiger partial charge in [-0.1, -0.05) is 36.4 Å². The van der Waals surface area contributed by atoms with Gasteiger partial charge < -0.3 is 10.2 Å². The molecule has 25 heavy (non-hydrogen) atoms. The third-order valence-corrected chi connectivity index (χ3v) is 5.65. The summed E-state index contributed by atoms with van der Waals surface area (Å²) in [6.45, 7) is 4.81. The normalized spacial score (nSPS) is 14.7. The first-order chi connectivity index (χ1) is 12.2. The van der Waals surface area contributed by atoms with Gasteiger partial charge in [-0.25, -0.2) is 0 Å². The lowest BCUT2D eigenvalue weighted by Gasteiger charge is -2.31. The summed E-state index contributed by atoms with van der Waals surface area (Å²) in [5.74, 6) is 0.118. The minimum absolute atomic E-state index is 0.0712. The Bertz CT molecular complexity index is 689. The number of aryl methyl sites for hydroxylation is 1. The van der Waals surface area contributed by atoms with E-state index in [2.05, 4.69) is 34.5 Å². The fourth-order valence-corrected chi connectivity index (χ4v) is 4.14. The second-order valence-corrected chi connectivity index (χ2v) is 7.85. The second kappa shape index (κ2) is 8.95. The van der Waals surface area contributed by atoms with Crippen LogP contribution in [0.1, 0.15) is 25.3 Å². The highest BCUT2D eigenvalue weighted by atomic mass is 32.2. The van der Waals surface area contributed by atoms with E-state index in [1.54, 1.807) is 11.8 Å². The molecule has 1 N–H and O–H groups in total. The summed E-state index contributed by atoms with van der Waals surface area (Å²) >= 11 is 1.61. The Balaban J connectivity index is 1.41. The Morgan fingerprint density at radius 3 is 2.76 bits per heavy atom. The number of fused-ring (bicyclic) bond motifs is 1. The molecule has 2 aromatic carbocycles. The SMILES string of the molecule is C[C@@H](Sc1ccccc1)C(=O)NCCCN1CCCc2ccccc21. The predicted octanol–water partition coefficient (Wildman–Crippen LogP) is 4.13. The molecule has 0 aliphatic carbocycles. The Morgan fingerprint density at radius 1 is 1.16 bits per heavy atom. The van der Waals surface area contributed by atoms with Crippen LogP contribution in [0.15, 0.2) is 59.5 Å². The van der Waals surface area contributed by atoms with Crippen LogP contribution >= 0.6 is 11.8 Å². The maximum atomic E-state index is 12.3. The zero-order valence-electron chi connectivity index (χ0n) is 14.8. The minimum Gasteiger partial charge on any atom is -0.371 e. The maximum absolute atomic E-state index is 12.3. The summed E-state index contributed by atoms with van der Waals surface area (Å²) in [5.41, 5.74) is 2.82. The van der Waals surface area contributed by atoms with E-state index in [0.29, 0.717) is 0 Å². The third kappa shape index (κ3) is 5.02. The highest BCUT2D eigenvalue weighted by Crippen LogP contribution is 2.26. The van der Waals surface area contributed by atoms with E-state index >= 15 is 0 Å². The van der Waals surface area contributed by atoms with Crippen LogP contribution in [-0.4, -0.2) is 30.8 Å². The highest BCUT2D eigenvalue weighted by molar-refractivity contribution is 8.00. The molecule has 4 heteroatoms. The monoisotopic (exact) mass is 354 g/mol. The summed E-state index contributed by atoms with van der Waals surface area (Å²) < 4.78 is 0. The molecule has 3 rings (SSSR count). The van der Waals surface area contributed by atoms with Gasteiger partial charge in [0.1, 0.15) is 0 Å². The maximum Gasteiger partial charge on any atom is 0.233 e. The van der Waals surface area contributed by atoms with Gasteiger partial charge in [0.2, 0.25) is 5.91 Å². The van der Waals surface area contributed by atoms with Crippen LogP contribution in [-0.2, 0) is 11.2 Å². The van der Waals surface area contributed by atoms with Gasteiger partial charge in [0.05, 0.1) is 5.25 Å². The number of nitrogens with one attached hydrogen (secondary N) is 1. The van der Waals surface area contributed by atoms with Crippen molar-refractivity contribution in [2.75, 3.05) is 24.5 Å². The molecule has 1 amide bonds. The number of rotatable bonds is 7. The topological polar surface area (TPSA) is 32.3 Å². The van der Waals surface area contributed by atoms with Gasteiger partial charge in [-0.2, -0.15) is 0 Å². The summed E-state index contributed by atoms with van der Waals surface area (Å²) in [6.07, 6.45) is 3.37. The Labute approximate surface area is 154 Å². The predicted molar refractivity (Wildman–Crippen MR) is 106 cm³/mol. The van der Waals surface area contributed by atoms with Gasteiger partial charge in [0, 0.05) is 30.2 Å². The first kappa shape index (κ1) is 17.9. The molecule has 0 aromatic heterocycles. The fourth-order valence-electron chi connectivity index (χ4n) is 3.23. The van der Waals surface area contributed by atoms with Crippen molar-refractivity contribution in [2.24, 2.45) is 0 Å². The average Bonchev–Trinajstić information content (AvgIpc) is 2.66. The average molecular weight is 355 g/mol. The lowest BCUT2D eigenvalue weighted by Crippen LogP contribution is -2.35. The fraction of sp³-hybridized carbons (Fsp3) is 0.381. The molecular weight excluding hydrogens is 328 g/mol. The minimum atomic E-state index is -0.0712. The van der Waals surface area contributed by atoms with Gasteiger partial charge in [-0.05, 0) is 49.9 Å². The van der Waals surface area contributed by atoms with E-state index < -0.39 is 0 Å². The first-order valence-corrected chi connectivity index (χ1v) is 9.94. The first-order valence-electron chi connectivity index (χ1n) is 9.06. The highest BCUT2D eigenvalue weighted by Gasteiger charge is 2.16. The number of nitrogens with zero attached hydrogens (tertiary/aromatic N) is 1. The molecule has 1 atom stereocenters. The van der Waals surface area contributed by atoms with Crippen molar-refractivity contribution in [3.8, 4) is 0 Å². The number of benzene rings is 2. The van der Waals surface area contributed by atoms with Crippen LogP contribution in [0.3, 0.4) is 0 Å². The molecule has 1 aliphatic rings. The molecule has 3 nitrogen and oxygen atoms in total. The van der Waals surface area contributed by atoms with Gasteiger partial charge in [0.15, 0.2) is 0 Å². The Morgan fingerprint density at radius 2 is 1.92 bits per heavy atom. The van der Waals surface area contributed by atoms with Crippen molar-refractivity contribution >= 4 is 23.4 Å². The summed E-state index contributed by atoms with van der Waals surface area (Å²) in [5, 5.41) is 3.01. The molecule has 0 saturated heterocycles. The summed E-state index contributed by atoms with van der Waals surface area (Å²) in [6, 6.07) is 18.8. The van der Waals surface area contributed by atoms with E-state index in [1.807, 2.05) is 37.3 Å². The van der Waals surface area contributed by atoms with Crippen molar-refractivity contribution < 1.29 is 4.79 Å². The third-order valence-electron chi connectivity index (χ3n) is 4.54. The number of hydrogen-bond acceptors (Lipinski definition) is 3. The van der Waals surface area contributed by atoms with Gasteiger partial charge in [-0.15, -0.1) is 11.8 Å². The Hall–Kier alpha value is -1.94. The largest absolute Gasteiger partial charge is 0.371 e. The van der Waals surface area contributed by atoms with E-state index in [4.69, 9.17) is 0 Å². The van der Waals surface area contributed by atoms with Gasteiger partial charge >= 0.3 is 0 Å². The second-order valence-electron chi connectivity index (χ2n) is 6.44. The lowest BCUT2D eigenvalue weighted by atomic mass is 10.0. The molecule has 0 spiro atoms. The van der Waals surface area contributed by atoms with Crippen LogP contribution in [0.4, 0.5) is 5.69 Å².